The summed E-state index contributed by atoms with van der Waals surface area (Å²) in [6.45, 7) is 1.66. The smallest absolute Gasteiger partial charge is 0.358 e. The van der Waals surface area contributed by atoms with Gasteiger partial charge in [0.2, 0.25) is 0 Å². The predicted octanol–water partition coefficient (Wildman–Crippen LogP) is 1.75. The first kappa shape index (κ1) is 9.80. The number of aromatic carboxylic acids is 1. The molecular weight excluding hydrogens is 194 g/mol. The Labute approximate surface area is 80.1 Å². The molecule has 0 spiro atoms. The topological polar surface area (TPSA) is 59.4 Å². The van der Waals surface area contributed by atoms with Crippen LogP contribution in [0.15, 0.2) is 6.07 Å². The van der Waals surface area contributed by atoms with E-state index in [9.17, 15) is 4.79 Å². The molecule has 4 nitrogen and oxygen atoms in total. The molecule has 0 amide bonds. The summed E-state index contributed by atoms with van der Waals surface area (Å²) >= 11 is 5.75. The van der Waals surface area contributed by atoms with Crippen LogP contribution >= 0.6 is 11.6 Å². The molecule has 1 rings (SSSR count). The van der Waals surface area contributed by atoms with Crippen molar-refractivity contribution in [1.29, 1.82) is 0 Å². The largest absolute Gasteiger partial charge is 0.493 e. The van der Waals surface area contributed by atoms with Gasteiger partial charge in [-0.15, -0.1) is 0 Å². The molecule has 0 fully saturated rings. The zero-order valence-corrected chi connectivity index (χ0v) is 7.92. The Balaban J connectivity index is 3.38. The van der Waals surface area contributed by atoms with Gasteiger partial charge in [-0.2, -0.15) is 0 Å². The fourth-order valence-corrected chi connectivity index (χ4v) is 1.29. The summed E-state index contributed by atoms with van der Waals surface area (Å²) in [6.07, 6.45) is 0. The number of halogens is 1. The number of aryl methyl sites for hydroxylation is 1. The number of carboxylic acids is 1. The van der Waals surface area contributed by atoms with E-state index in [-0.39, 0.29) is 16.5 Å². The van der Waals surface area contributed by atoms with Crippen molar-refractivity contribution in [2.45, 2.75) is 6.92 Å². The third-order valence-electron chi connectivity index (χ3n) is 1.46. The van der Waals surface area contributed by atoms with E-state index in [2.05, 4.69) is 4.98 Å². The first-order chi connectivity index (χ1) is 6.06. The molecule has 1 aromatic rings. The number of hydrogen-bond acceptors (Lipinski definition) is 3. The summed E-state index contributed by atoms with van der Waals surface area (Å²) in [4.78, 5) is 14.5. The first-order valence-electron chi connectivity index (χ1n) is 3.50. The first-order valence-corrected chi connectivity index (χ1v) is 3.88. The Morgan fingerprint density at radius 2 is 2.31 bits per heavy atom. The second-order valence-corrected chi connectivity index (χ2v) is 2.84. The van der Waals surface area contributed by atoms with Crippen molar-refractivity contribution in [3.8, 4) is 5.75 Å². The third-order valence-corrected chi connectivity index (χ3v) is 1.74. The van der Waals surface area contributed by atoms with Gasteiger partial charge in [-0.05, 0) is 13.0 Å². The van der Waals surface area contributed by atoms with Gasteiger partial charge in [0.15, 0.2) is 11.4 Å². The molecule has 0 aromatic carbocycles. The number of nitrogens with zero attached hydrogens (tertiary/aromatic N) is 1. The molecule has 0 aliphatic heterocycles. The van der Waals surface area contributed by atoms with Crippen LogP contribution in [0.2, 0.25) is 5.02 Å². The van der Waals surface area contributed by atoms with Crippen molar-refractivity contribution in [2.24, 2.45) is 0 Å². The van der Waals surface area contributed by atoms with Crippen LogP contribution in [0.1, 0.15) is 16.2 Å². The van der Waals surface area contributed by atoms with Gasteiger partial charge in [0, 0.05) is 5.69 Å². The second kappa shape index (κ2) is 3.62. The fraction of sp³-hybridized carbons (Fsp3) is 0.250. The maximum atomic E-state index is 10.7. The van der Waals surface area contributed by atoms with Crippen molar-refractivity contribution in [3.05, 3.63) is 22.5 Å². The van der Waals surface area contributed by atoms with E-state index in [0.29, 0.717) is 5.69 Å². The zero-order chi connectivity index (χ0) is 10.0. The van der Waals surface area contributed by atoms with Crippen molar-refractivity contribution >= 4 is 17.6 Å². The van der Waals surface area contributed by atoms with E-state index >= 15 is 0 Å². The molecule has 0 unspecified atom stereocenters. The molecule has 1 aromatic heterocycles. The molecule has 5 heteroatoms. The standard InChI is InChI=1S/C8H8ClNO3/c1-4-3-5(9)7(13-2)6(10-4)8(11)12/h3H,1-2H3,(H,11,12). The molecule has 0 aliphatic rings. The number of rotatable bonds is 2. The summed E-state index contributed by atoms with van der Waals surface area (Å²) in [7, 11) is 1.35. The van der Waals surface area contributed by atoms with Crippen LogP contribution in [0.25, 0.3) is 0 Å². The second-order valence-electron chi connectivity index (χ2n) is 2.43. The quantitative estimate of drug-likeness (QED) is 0.792. The van der Waals surface area contributed by atoms with Gasteiger partial charge in [-0.3, -0.25) is 0 Å². The third kappa shape index (κ3) is 1.89. The fourth-order valence-electron chi connectivity index (χ4n) is 0.961. The number of aromatic nitrogens is 1. The molecule has 70 valence electrons. The minimum atomic E-state index is -1.15. The number of carbonyl (C=O) groups is 1. The minimum absolute atomic E-state index is 0.0970. The molecule has 0 radical (unpaired) electrons. The van der Waals surface area contributed by atoms with Crippen molar-refractivity contribution in [2.75, 3.05) is 7.11 Å². The van der Waals surface area contributed by atoms with Gasteiger partial charge in [-0.25, -0.2) is 9.78 Å². The predicted molar refractivity (Wildman–Crippen MR) is 47.5 cm³/mol. The van der Waals surface area contributed by atoms with E-state index in [1.165, 1.54) is 7.11 Å². The van der Waals surface area contributed by atoms with Crippen LogP contribution in [-0.2, 0) is 0 Å². The Bertz CT molecular complexity index is 351. The molecule has 13 heavy (non-hydrogen) atoms. The lowest BCUT2D eigenvalue weighted by Crippen LogP contribution is -2.05. The average Bonchev–Trinajstić information content (AvgIpc) is 2.02. The maximum absolute atomic E-state index is 10.7. The van der Waals surface area contributed by atoms with Gasteiger partial charge in [-0.1, -0.05) is 11.6 Å². The summed E-state index contributed by atoms with van der Waals surface area (Å²) in [5.41, 5.74) is 0.385. The molecule has 0 aliphatic carbocycles. The molecule has 1 N–H and O–H groups in total. The van der Waals surface area contributed by atoms with E-state index in [1.807, 2.05) is 0 Å². The minimum Gasteiger partial charge on any atom is -0.493 e. The molecule has 0 bridgehead atoms. The Morgan fingerprint density at radius 1 is 1.69 bits per heavy atom. The highest BCUT2D eigenvalue weighted by Gasteiger charge is 2.16. The molecule has 0 saturated heterocycles. The summed E-state index contributed by atoms with van der Waals surface area (Å²) in [5.74, 6) is -1.05. The van der Waals surface area contributed by atoms with Crippen LogP contribution in [0.5, 0.6) is 5.75 Å². The highest BCUT2D eigenvalue weighted by molar-refractivity contribution is 6.32. The Kier molecular flexibility index (Phi) is 2.72. The van der Waals surface area contributed by atoms with Gasteiger partial charge < -0.3 is 9.84 Å². The summed E-state index contributed by atoms with van der Waals surface area (Å²) in [6, 6.07) is 1.55. The number of ether oxygens (including phenoxy) is 1. The normalized spacial score (nSPS) is 9.77. The lowest BCUT2D eigenvalue weighted by molar-refractivity contribution is 0.0686. The maximum Gasteiger partial charge on any atom is 0.358 e. The van der Waals surface area contributed by atoms with E-state index < -0.39 is 5.97 Å². The van der Waals surface area contributed by atoms with E-state index in [0.717, 1.165) is 0 Å². The van der Waals surface area contributed by atoms with Crippen LogP contribution in [0, 0.1) is 6.92 Å². The Morgan fingerprint density at radius 3 is 2.77 bits per heavy atom. The average molecular weight is 202 g/mol. The zero-order valence-electron chi connectivity index (χ0n) is 7.17. The van der Waals surface area contributed by atoms with Crippen LogP contribution in [0.4, 0.5) is 0 Å². The molecule has 0 atom stereocenters. The highest BCUT2D eigenvalue weighted by atomic mass is 35.5. The molecular formula is C8H8ClNO3. The SMILES string of the molecule is COc1c(Cl)cc(C)nc1C(=O)O. The lowest BCUT2D eigenvalue weighted by atomic mass is 10.3. The van der Waals surface area contributed by atoms with Crippen molar-refractivity contribution in [1.82, 2.24) is 4.98 Å². The number of hydrogen-bond donors (Lipinski definition) is 1. The monoisotopic (exact) mass is 201 g/mol. The van der Waals surface area contributed by atoms with Crippen LogP contribution < -0.4 is 4.74 Å². The molecule has 0 saturated carbocycles. The highest BCUT2D eigenvalue weighted by Crippen LogP contribution is 2.27. The summed E-state index contributed by atoms with van der Waals surface area (Å²) < 4.78 is 4.82. The van der Waals surface area contributed by atoms with Crippen molar-refractivity contribution < 1.29 is 14.6 Å². The number of pyridine rings is 1. The molecule has 1 heterocycles. The number of carboxylic acid groups (broad SMARTS) is 1. The van der Waals surface area contributed by atoms with Crippen molar-refractivity contribution in [3.63, 3.8) is 0 Å². The van der Waals surface area contributed by atoms with Crippen LogP contribution in [-0.4, -0.2) is 23.2 Å². The number of methoxy groups -OCH3 is 1. The van der Waals surface area contributed by atoms with Gasteiger partial charge in [0.1, 0.15) is 0 Å². The summed E-state index contributed by atoms with van der Waals surface area (Å²) in [5, 5.41) is 9.00. The van der Waals surface area contributed by atoms with E-state index in [4.69, 9.17) is 21.4 Å². The van der Waals surface area contributed by atoms with Gasteiger partial charge in [0.25, 0.3) is 0 Å². The lowest BCUT2D eigenvalue weighted by Gasteiger charge is -2.06. The van der Waals surface area contributed by atoms with Gasteiger partial charge >= 0.3 is 5.97 Å². The van der Waals surface area contributed by atoms with E-state index in [1.54, 1.807) is 13.0 Å². The van der Waals surface area contributed by atoms with Gasteiger partial charge in [0.05, 0.1) is 12.1 Å². The van der Waals surface area contributed by atoms with Crippen LogP contribution in [0.3, 0.4) is 0 Å². The Hall–Kier alpha value is -1.29.